The van der Waals surface area contributed by atoms with Crippen molar-refractivity contribution >= 4 is 22.6 Å². The average molecular weight is 428 g/mol. The zero-order valence-electron chi connectivity index (χ0n) is 18.1. The van der Waals surface area contributed by atoms with E-state index >= 15 is 0 Å². The first-order valence-electron chi connectivity index (χ1n) is 10.6. The second-order valence-electron chi connectivity index (χ2n) is 7.60. The summed E-state index contributed by atoms with van der Waals surface area (Å²) in [6.45, 7) is 4.26. The van der Waals surface area contributed by atoms with Gasteiger partial charge in [0.25, 0.3) is 0 Å². The van der Waals surface area contributed by atoms with Crippen LogP contribution in [0, 0.1) is 6.92 Å². The fraction of sp³-hybridized carbons (Fsp3) is 0.192. The Labute approximate surface area is 186 Å². The summed E-state index contributed by atoms with van der Waals surface area (Å²) in [5.41, 5.74) is 4.34. The molecule has 2 heterocycles. The maximum Gasteiger partial charge on any atom is 0.338 e. The fourth-order valence-electron chi connectivity index (χ4n) is 3.56. The van der Waals surface area contributed by atoms with Crippen molar-refractivity contribution in [1.82, 2.24) is 9.97 Å². The van der Waals surface area contributed by atoms with Crippen molar-refractivity contribution < 1.29 is 14.6 Å². The van der Waals surface area contributed by atoms with E-state index in [1.807, 2.05) is 62.4 Å². The monoisotopic (exact) mass is 427 g/mol. The van der Waals surface area contributed by atoms with Crippen molar-refractivity contribution in [3.05, 3.63) is 95.4 Å². The maximum absolute atomic E-state index is 12.1. The molecule has 2 N–H and O–H groups in total. The van der Waals surface area contributed by atoms with Crippen LogP contribution >= 0.6 is 0 Å². The molecule has 6 heteroatoms. The minimum absolute atomic E-state index is 0.139. The molecule has 32 heavy (non-hydrogen) atoms. The minimum Gasteiger partial charge on any atom is -0.505 e. The van der Waals surface area contributed by atoms with Gasteiger partial charge in [-0.1, -0.05) is 25.1 Å². The number of phenols is 1. The molecule has 4 rings (SSSR count). The number of pyridine rings is 2. The van der Waals surface area contributed by atoms with Crippen LogP contribution in [0.4, 0.5) is 5.69 Å². The van der Waals surface area contributed by atoms with Gasteiger partial charge in [0, 0.05) is 34.7 Å². The van der Waals surface area contributed by atoms with Gasteiger partial charge in [-0.05, 0) is 61.4 Å². The molecule has 6 nitrogen and oxygen atoms in total. The molecule has 4 aromatic rings. The molecule has 2 aromatic carbocycles. The molecule has 0 radical (unpaired) electrons. The van der Waals surface area contributed by atoms with Crippen molar-refractivity contribution in [3.63, 3.8) is 0 Å². The molecule has 0 amide bonds. The number of nitrogens with zero attached hydrogens (tertiary/aromatic N) is 2. The van der Waals surface area contributed by atoms with Gasteiger partial charge < -0.3 is 15.2 Å². The predicted octanol–water partition coefficient (Wildman–Crippen LogP) is 5.41. The zero-order valence-corrected chi connectivity index (χ0v) is 18.1. The summed E-state index contributed by atoms with van der Waals surface area (Å²) in [6.07, 6.45) is 4.22. The second-order valence-corrected chi connectivity index (χ2v) is 7.60. The standard InChI is InChI=1S/C26H25N3O3/c1-3-16-32-26(31)20-6-9-21(10-7-20)29-23(19-12-14-27-15-13-19)22-11-8-18-5-4-17(2)28-24(18)25(22)30/h4-15,23,29-30H,3,16H2,1-2H3. The zero-order chi connectivity index (χ0) is 22.5. The van der Waals surface area contributed by atoms with E-state index in [1.54, 1.807) is 24.5 Å². The van der Waals surface area contributed by atoms with E-state index in [9.17, 15) is 9.90 Å². The van der Waals surface area contributed by atoms with Crippen LogP contribution in [0.3, 0.4) is 0 Å². The lowest BCUT2D eigenvalue weighted by atomic mass is 9.96. The Bertz CT molecular complexity index is 1220. The van der Waals surface area contributed by atoms with Gasteiger partial charge in [0.15, 0.2) is 0 Å². The van der Waals surface area contributed by atoms with Crippen LogP contribution in [-0.4, -0.2) is 27.7 Å². The lowest BCUT2D eigenvalue weighted by Gasteiger charge is -2.22. The number of benzene rings is 2. The van der Waals surface area contributed by atoms with Gasteiger partial charge in [-0.15, -0.1) is 0 Å². The normalized spacial score (nSPS) is 11.8. The molecule has 1 atom stereocenters. The number of anilines is 1. The van der Waals surface area contributed by atoms with Crippen molar-refractivity contribution in [1.29, 1.82) is 0 Å². The lowest BCUT2D eigenvalue weighted by Crippen LogP contribution is -2.13. The summed E-state index contributed by atoms with van der Waals surface area (Å²) in [6, 6.07) is 18.3. The molecule has 1 unspecified atom stereocenters. The number of ether oxygens (including phenoxy) is 1. The van der Waals surface area contributed by atoms with Gasteiger partial charge in [0.1, 0.15) is 11.3 Å². The third-order valence-corrected chi connectivity index (χ3v) is 5.23. The maximum atomic E-state index is 12.1. The Balaban J connectivity index is 1.69. The minimum atomic E-state index is -0.345. The molecule has 0 fully saturated rings. The lowest BCUT2D eigenvalue weighted by molar-refractivity contribution is 0.0505. The van der Waals surface area contributed by atoms with Gasteiger partial charge in [-0.2, -0.15) is 0 Å². The number of aromatic nitrogens is 2. The third-order valence-electron chi connectivity index (χ3n) is 5.23. The number of esters is 1. The molecule has 0 aliphatic heterocycles. The van der Waals surface area contributed by atoms with E-state index in [0.29, 0.717) is 23.3 Å². The fourth-order valence-corrected chi connectivity index (χ4v) is 3.56. The Morgan fingerprint density at radius 2 is 1.75 bits per heavy atom. The Morgan fingerprint density at radius 1 is 1.03 bits per heavy atom. The number of aryl methyl sites for hydroxylation is 1. The van der Waals surface area contributed by atoms with Crippen molar-refractivity contribution in [2.75, 3.05) is 11.9 Å². The van der Waals surface area contributed by atoms with Crippen LogP contribution in [0.15, 0.2) is 73.1 Å². The van der Waals surface area contributed by atoms with Gasteiger partial charge in [0.05, 0.1) is 18.2 Å². The Morgan fingerprint density at radius 3 is 2.47 bits per heavy atom. The van der Waals surface area contributed by atoms with Crippen molar-refractivity contribution in [2.24, 2.45) is 0 Å². The quantitative estimate of drug-likeness (QED) is 0.384. The predicted molar refractivity (Wildman–Crippen MR) is 125 cm³/mol. The summed E-state index contributed by atoms with van der Waals surface area (Å²) in [7, 11) is 0. The Kier molecular flexibility index (Phi) is 6.31. The van der Waals surface area contributed by atoms with Crippen LogP contribution < -0.4 is 5.32 Å². The van der Waals surface area contributed by atoms with E-state index in [1.165, 1.54) is 0 Å². The molecular weight excluding hydrogens is 402 g/mol. The number of carbonyl (C=O) groups is 1. The highest BCUT2D eigenvalue weighted by atomic mass is 16.5. The highest BCUT2D eigenvalue weighted by molar-refractivity contribution is 5.90. The van der Waals surface area contributed by atoms with E-state index in [2.05, 4.69) is 15.3 Å². The molecule has 2 aromatic heterocycles. The molecule has 0 aliphatic carbocycles. The molecule has 0 saturated carbocycles. The number of phenolic OH excluding ortho intramolecular Hbond substituents is 1. The van der Waals surface area contributed by atoms with E-state index in [-0.39, 0.29) is 17.8 Å². The SMILES string of the molecule is CCCOC(=O)c1ccc(NC(c2ccncc2)c2ccc3ccc(C)nc3c2O)cc1. The van der Waals surface area contributed by atoms with Gasteiger partial charge >= 0.3 is 5.97 Å². The number of fused-ring (bicyclic) bond motifs is 1. The van der Waals surface area contributed by atoms with Crippen LogP contribution in [0.25, 0.3) is 10.9 Å². The second kappa shape index (κ2) is 9.47. The van der Waals surface area contributed by atoms with E-state index in [0.717, 1.165) is 28.8 Å². The summed E-state index contributed by atoms with van der Waals surface area (Å²) in [4.78, 5) is 20.7. The molecule has 0 aliphatic rings. The largest absolute Gasteiger partial charge is 0.505 e. The number of nitrogens with one attached hydrogen (secondary N) is 1. The molecule has 0 saturated heterocycles. The summed E-state index contributed by atoms with van der Waals surface area (Å²) in [5, 5.41) is 15.5. The summed E-state index contributed by atoms with van der Waals surface area (Å²) in [5.74, 6) is -0.196. The molecule has 0 bridgehead atoms. The summed E-state index contributed by atoms with van der Waals surface area (Å²) < 4.78 is 5.20. The van der Waals surface area contributed by atoms with Gasteiger partial charge in [0.2, 0.25) is 0 Å². The van der Waals surface area contributed by atoms with Crippen molar-refractivity contribution in [2.45, 2.75) is 26.3 Å². The number of rotatable bonds is 7. The molecule has 0 spiro atoms. The van der Waals surface area contributed by atoms with Gasteiger partial charge in [-0.25, -0.2) is 9.78 Å². The first kappa shape index (κ1) is 21.3. The van der Waals surface area contributed by atoms with Crippen LogP contribution in [0.5, 0.6) is 5.75 Å². The number of aromatic hydroxyl groups is 1. The molecule has 162 valence electrons. The number of carbonyl (C=O) groups excluding carboxylic acids is 1. The number of hydrogen-bond acceptors (Lipinski definition) is 6. The van der Waals surface area contributed by atoms with Crippen LogP contribution in [0.1, 0.15) is 46.6 Å². The van der Waals surface area contributed by atoms with E-state index < -0.39 is 0 Å². The number of hydrogen-bond donors (Lipinski definition) is 2. The van der Waals surface area contributed by atoms with Crippen LogP contribution in [-0.2, 0) is 4.74 Å². The highest BCUT2D eigenvalue weighted by Gasteiger charge is 2.20. The first-order chi connectivity index (χ1) is 15.6. The summed E-state index contributed by atoms with van der Waals surface area (Å²) >= 11 is 0. The molecular formula is C26H25N3O3. The van der Waals surface area contributed by atoms with Crippen LogP contribution in [0.2, 0.25) is 0 Å². The van der Waals surface area contributed by atoms with Crippen molar-refractivity contribution in [3.8, 4) is 5.75 Å². The highest BCUT2D eigenvalue weighted by Crippen LogP contribution is 2.36. The third kappa shape index (κ3) is 4.54. The van der Waals surface area contributed by atoms with Gasteiger partial charge in [-0.3, -0.25) is 4.98 Å². The smallest absolute Gasteiger partial charge is 0.338 e. The average Bonchev–Trinajstić information content (AvgIpc) is 2.83. The topological polar surface area (TPSA) is 84.3 Å². The first-order valence-corrected chi connectivity index (χ1v) is 10.6. The Hall–Kier alpha value is -3.93. The van der Waals surface area contributed by atoms with E-state index in [4.69, 9.17) is 4.74 Å².